The molecule has 92 valence electrons. The van der Waals surface area contributed by atoms with Crippen LogP contribution in [0.25, 0.3) is 0 Å². The molecule has 4 heteroatoms. The number of carbonyl (C=O) groups excluding carboxylic acids is 1. The highest BCUT2D eigenvalue weighted by Gasteiger charge is 2.22. The van der Waals surface area contributed by atoms with E-state index in [0.717, 1.165) is 19.4 Å². The number of nitrogens with one attached hydrogen (secondary N) is 2. The third-order valence-corrected chi connectivity index (χ3v) is 4.85. The molecule has 1 atom stereocenters. The fourth-order valence-electron chi connectivity index (χ4n) is 2.68. The SMILES string of the molecule is O=C(NCc1cc2c(s1)CCC2)[C@H]1CCCN1. The minimum atomic E-state index is 0.0433. The number of hydrogen-bond acceptors (Lipinski definition) is 3. The average molecular weight is 250 g/mol. The van der Waals surface area contributed by atoms with Crippen molar-refractivity contribution in [1.29, 1.82) is 0 Å². The normalized spacial score (nSPS) is 22.7. The minimum Gasteiger partial charge on any atom is -0.350 e. The first kappa shape index (κ1) is 11.2. The van der Waals surface area contributed by atoms with Crippen molar-refractivity contribution in [2.45, 2.75) is 44.7 Å². The molecule has 3 rings (SSSR count). The Balaban J connectivity index is 1.54. The highest BCUT2D eigenvalue weighted by molar-refractivity contribution is 7.12. The van der Waals surface area contributed by atoms with Crippen LogP contribution < -0.4 is 10.6 Å². The van der Waals surface area contributed by atoms with Gasteiger partial charge in [0.05, 0.1) is 12.6 Å². The van der Waals surface area contributed by atoms with Gasteiger partial charge in [-0.15, -0.1) is 11.3 Å². The molecule has 0 aromatic carbocycles. The maximum absolute atomic E-state index is 11.8. The van der Waals surface area contributed by atoms with Crippen molar-refractivity contribution >= 4 is 17.2 Å². The van der Waals surface area contributed by atoms with Crippen LogP contribution in [0, 0.1) is 0 Å². The van der Waals surface area contributed by atoms with Gasteiger partial charge in [0, 0.05) is 9.75 Å². The largest absolute Gasteiger partial charge is 0.350 e. The molecule has 2 N–H and O–H groups in total. The van der Waals surface area contributed by atoms with E-state index >= 15 is 0 Å². The summed E-state index contributed by atoms with van der Waals surface area (Å²) >= 11 is 1.87. The first-order valence-electron chi connectivity index (χ1n) is 6.44. The highest BCUT2D eigenvalue weighted by atomic mass is 32.1. The summed E-state index contributed by atoms with van der Waals surface area (Å²) in [6.45, 7) is 1.68. The van der Waals surface area contributed by atoms with Gasteiger partial charge >= 0.3 is 0 Å². The van der Waals surface area contributed by atoms with E-state index < -0.39 is 0 Å². The molecule has 0 spiro atoms. The Labute approximate surface area is 106 Å². The second-order valence-corrected chi connectivity index (χ2v) is 6.10. The molecule has 0 radical (unpaired) electrons. The predicted molar refractivity (Wildman–Crippen MR) is 69.2 cm³/mol. The Hall–Kier alpha value is -0.870. The maximum atomic E-state index is 11.8. The summed E-state index contributed by atoms with van der Waals surface area (Å²) in [5, 5.41) is 6.26. The Kier molecular flexibility index (Phi) is 3.16. The average Bonchev–Trinajstić information content (AvgIpc) is 3.01. The Morgan fingerprint density at radius 1 is 1.47 bits per heavy atom. The van der Waals surface area contributed by atoms with Crippen LogP contribution in [0.4, 0.5) is 0 Å². The molecule has 1 fully saturated rings. The van der Waals surface area contributed by atoms with Gasteiger partial charge < -0.3 is 10.6 Å². The summed E-state index contributed by atoms with van der Waals surface area (Å²) in [4.78, 5) is 14.7. The number of amides is 1. The summed E-state index contributed by atoms with van der Waals surface area (Å²) in [6, 6.07) is 2.32. The standard InChI is InChI=1S/C13H18N2OS/c16-13(11-4-2-6-14-11)15-8-10-7-9-3-1-5-12(9)17-10/h7,11,14H,1-6,8H2,(H,15,16)/t11-/m1/s1. The van der Waals surface area contributed by atoms with Crippen LogP contribution in [0.5, 0.6) is 0 Å². The van der Waals surface area contributed by atoms with Crippen molar-refractivity contribution in [2.75, 3.05) is 6.54 Å². The Morgan fingerprint density at radius 3 is 3.18 bits per heavy atom. The molecule has 2 aliphatic rings. The maximum Gasteiger partial charge on any atom is 0.237 e. The molecular formula is C13H18N2OS. The van der Waals surface area contributed by atoms with Crippen molar-refractivity contribution < 1.29 is 4.79 Å². The molecule has 0 bridgehead atoms. The van der Waals surface area contributed by atoms with E-state index in [1.165, 1.54) is 34.6 Å². The van der Waals surface area contributed by atoms with E-state index in [9.17, 15) is 4.79 Å². The predicted octanol–water partition coefficient (Wildman–Crippen LogP) is 1.60. The van der Waals surface area contributed by atoms with Crippen LogP contribution in [0.2, 0.25) is 0 Å². The van der Waals surface area contributed by atoms with Crippen LogP contribution in [0.1, 0.15) is 34.6 Å². The van der Waals surface area contributed by atoms with Crippen molar-refractivity contribution in [3.8, 4) is 0 Å². The smallest absolute Gasteiger partial charge is 0.237 e. The second kappa shape index (κ2) is 4.78. The van der Waals surface area contributed by atoms with Crippen LogP contribution in [0.15, 0.2) is 6.07 Å². The fourth-order valence-corrected chi connectivity index (χ4v) is 3.88. The lowest BCUT2D eigenvalue weighted by atomic mass is 10.2. The molecule has 1 aromatic rings. The van der Waals surface area contributed by atoms with Gasteiger partial charge in [0.25, 0.3) is 0 Å². The summed E-state index contributed by atoms with van der Waals surface area (Å²) in [6.07, 6.45) is 5.86. The van der Waals surface area contributed by atoms with Gasteiger partial charge in [0.1, 0.15) is 0 Å². The Morgan fingerprint density at radius 2 is 2.41 bits per heavy atom. The molecule has 0 saturated carbocycles. The number of hydrogen-bond donors (Lipinski definition) is 2. The zero-order valence-corrected chi connectivity index (χ0v) is 10.7. The minimum absolute atomic E-state index is 0.0433. The molecule has 1 aliphatic heterocycles. The van der Waals surface area contributed by atoms with Crippen molar-refractivity contribution in [3.63, 3.8) is 0 Å². The van der Waals surface area contributed by atoms with E-state index in [1.807, 2.05) is 11.3 Å². The molecule has 1 amide bonds. The van der Waals surface area contributed by atoms with Crippen molar-refractivity contribution in [3.05, 3.63) is 21.4 Å². The fraction of sp³-hybridized carbons (Fsp3) is 0.615. The molecule has 3 nitrogen and oxygen atoms in total. The van der Waals surface area contributed by atoms with E-state index in [2.05, 4.69) is 16.7 Å². The van der Waals surface area contributed by atoms with E-state index in [4.69, 9.17) is 0 Å². The molecule has 2 heterocycles. The monoisotopic (exact) mass is 250 g/mol. The van der Waals surface area contributed by atoms with Crippen LogP contribution >= 0.6 is 11.3 Å². The van der Waals surface area contributed by atoms with Gasteiger partial charge in [-0.1, -0.05) is 0 Å². The third kappa shape index (κ3) is 2.38. The van der Waals surface area contributed by atoms with Gasteiger partial charge in [0.15, 0.2) is 0 Å². The number of fused-ring (bicyclic) bond motifs is 1. The lowest BCUT2D eigenvalue weighted by molar-refractivity contribution is -0.122. The van der Waals surface area contributed by atoms with Crippen LogP contribution in [-0.2, 0) is 24.2 Å². The highest BCUT2D eigenvalue weighted by Crippen LogP contribution is 2.30. The summed E-state index contributed by atoms with van der Waals surface area (Å²) in [5.41, 5.74) is 1.51. The first-order valence-corrected chi connectivity index (χ1v) is 7.26. The lowest BCUT2D eigenvalue weighted by Crippen LogP contribution is -2.39. The number of aryl methyl sites for hydroxylation is 2. The van der Waals surface area contributed by atoms with Crippen LogP contribution in [0.3, 0.4) is 0 Å². The molecule has 1 saturated heterocycles. The van der Waals surface area contributed by atoms with Crippen molar-refractivity contribution in [2.24, 2.45) is 0 Å². The summed E-state index contributed by atoms with van der Waals surface area (Å²) in [5.74, 6) is 0.163. The summed E-state index contributed by atoms with van der Waals surface area (Å²) in [7, 11) is 0. The van der Waals surface area contributed by atoms with Gasteiger partial charge in [-0.2, -0.15) is 0 Å². The molecule has 0 unspecified atom stereocenters. The zero-order valence-electron chi connectivity index (χ0n) is 9.92. The molecular weight excluding hydrogens is 232 g/mol. The van der Waals surface area contributed by atoms with E-state index in [1.54, 1.807) is 0 Å². The first-order chi connectivity index (χ1) is 8.33. The molecule has 1 aromatic heterocycles. The second-order valence-electron chi connectivity index (χ2n) is 4.88. The Bertz CT molecular complexity index is 400. The van der Waals surface area contributed by atoms with Gasteiger partial charge in [-0.3, -0.25) is 4.79 Å². The van der Waals surface area contributed by atoms with Gasteiger partial charge in [-0.25, -0.2) is 0 Å². The zero-order chi connectivity index (χ0) is 11.7. The van der Waals surface area contributed by atoms with Gasteiger partial charge in [0.2, 0.25) is 5.91 Å². The number of thiophene rings is 1. The van der Waals surface area contributed by atoms with Gasteiger partial charge in [-0.05, 0) is 50.3 Å². The summed E-state index contributed by atoms with van der Waals surface area (Å²) < 4.78 is 0. The van der Waals surface area contributed by atoms with Crippen LogP contribution in [-0.4, -0.2) is 18.5 Å². The quantitative estimate of drug-likeness (QED) is 0.855. The molecule has 17 heavy (non-hydrogen) atoms. The van der Waals surface area contributed by atoms with E-state index in [-0.39, 0.29) is 11.9 Å². The lowest BCUT2D eigenvalue weighted by Gasteiger charge is -2.09. The third-order valence-electron chi connectivity index (χ3n) is 3.61. The van der Waals surface area contributed by atoms with E-state index in [0.29, 0.717) is 6.54 Å². The molecule has 1 aliphatic carbocycles. The van der Waals surface area contributed by atoms with Crippen molar-refractivity contribution in [1.82, 2.24) is 10.6 Å². The number of rotatable bonds is 3. The number of carbonyl (C=O) groups is 1. The topological polar surface area (TPSA) is 41.1 Å².